The second kappa shape index (κ2) is 3.55. The smallest absolute Gasteiger partial charge is 0.376 e. The molecule has 1 aromatic rings. The van der Waals surface area contributed by atoms with Crippen LogP contribution < -0.4 is 0 Å². The first-order valence-electron chi connectivity index (χ1n) is 4.42. The van der Waals surface area contributed by atoms with Crippen molar-refractivity contribution >= 4 is 5.97 Å². The molecule has 1 fully saturated rings. The van der Waals surface area contributed by atoms with E-state index >= 15 is 0 Å². The molecule has 1 heterocycles. The summed E-state index contributed by atoms with van der Waals surface area (Å²) in [7, 11) is 0. The third kappa shape index (κ3) is 1.85. The molecule has 0 radical (unpaired) electrons. The molecule has 1 aliphatic carbocycles. The first kappa shape index (κ1) is 8.22. The molecule has 1 aromatic heterocycles. The molecule has 5 nitrogen and oxygen atoms in total. The van der Waals surface area contributed by atoms with E-state index in [1.807, 2.05) is 0 Å². The summed E-state index contributed by atoms with van der Waals surface area (Å²) < 4.78 is 5.18. The van der Waals surface area contributed by atoms with Gasteiger partial charge < -0.3 is 4.74 Å². The summed E-state index contributed by atoms with van der Waals surface area (Å²) in [5, 5.41) is 6.06. The van der Waals surface area contributed by atoms with Crippen LogP contribution in [0, 0.1) is 0 Å². The molecule has 0 aliphatic heterocycles. The first-order valence-corrected chi connectivity index (χ1v) is 4.42. The fourth-order valence-corrected chi connectivity index (χ4v) is 1.52. The summed E-state index contributed by atoms with van der Waals surface area (Å²) >= 11 is 0. The average molecular weight is 181 g/mol. The molecule has 1 aliphatic rings. The Morgan fingerprint density at radius 2 is 2.31 bits per heavy atom. The number of nitrogens with zero attached hydrogens (tertiary/aromatic N) is 2. The molecule has 0 amide bonds. The zero-order chi connectivity index (χ0) is 9.10. The lowest BCUT2D eigenvalue weighted by Crippen LogP contribution is -2.15. The van der Waals surface area contributed by atoms with Gasteiger partial charge in [-0.25, -0.2) is 9.78 Å². The van der Waals surface area contributed by atoms with Crippen molar-refractivity contribution in [3.63, 3.8) is 0 Å². The van der Waals surface area contributed by atoms with Crippen LogP contribution in [0.1, 0.15) is 36.3 Å². The molecule has 0 unspecified atom stereocenters. The minimum absolute atomic E-state index is 0.0811. The van der Waals surface area contributed by atoms with Crippen LogP contribution in [0.15, 0.2) is 6.33 Å². The maximum Gasteiger partial charge on any atom is 0.376 e. The highest BCUT2D eigenvalue weighted by molar-refractivity contribution is 5.84. The maximum atomic E-state index is 11.3. The zero-order valence-corrected chi connectivity index (χ0v) is 7.19. The van der Waals surface area contributed by atoms with Gasteiger partial charge in [0, 0.05) is 0 Å². The molecule has 5 heteroatoms. The Morgan fingerprint density at radius 3 is 2.92 bits per heavy atom. The van der Waals surface area contributed by atoms with Crippen LogP contribution in [0.3, 0.4) is 0 Å². The Bertz CT molecular complexity index is 278. The maximum absolute atomic E-state index is 11.3. The van der Waals surface area contributed by atoms with Gasteiger partial charge in [0.25, 0.3) is 0 Å². The van der Waals surface area contributed by atoms with E-state index in [0.717, 1.165) is 25.7 Å². The number of H-pyrrole nitrogens is 1. The van der Waals surface area contributed by atoms with Crippen molar-refractivity contribution in [2.24, 2.45) is 0 Å². The molecule has 1 N–H and O–H groups in total. The molecule has 0 bridgehead atoms. The Balaban J connectivity index is 1.91. The van der Waals surface area contributed by atoms with E-state index in [4.69, 9.17) is 4.74 Å². The first-order chi connectivity index (χ1) is 6.36. The number of esters is 1. The fourth-order valence-electron chi connectivity index (χ4n) is 1.52. The Labute approximate surface area is 75.5 Å². The number of hydrogen-bond acceptors (Lipinski definition) is 4. The lowest BCUT2D eigenvalue weighted by molar-refractivity contribution is 0.0304. The number of nitrogens with one attached hydrogen (secondary N) is 1. The van der Waals surface area contributed by atoms with Crippen molar-refractivity contribution in [2.75, 3.05) is 0 Å². The molecule has 2 rings (SSSR count). The molecule has 0 aromatic carbocycles. The molecule has 0 spiro atoms. The number of rotatable bonds is 2. The van der Waals surface area contributed by atoms with Gasteiger partial charge in [-0.3, -0.25) is 5.10 Å². The van der Waals surface area contributed by atoms with Gasteiger partial charge >= 0.3 is 5.97 Å². The highest BCUT2D eigenvalue weighted by Gasteiger charge is 2.21. The number of aromatic amines is 1. The van der Waals surface area contributed by atoms with Gasteiger partial charge in [0.05, 0.1) is 0 Å². The summed E-state index contributed by atoms with van der Waals surface area (Å²) in [5.74, 6) is -0.212. The van der Waals surface area contributed by atoms with Gasteiger partial charge in [-0.05, 0) is 25.7 Å². The number of carbonyl (C=O) groups is 1. The third-order valence-corrected chi connectivity index (χ3v) is 2.18. The monoisotopic (exact) mass is 181 g/mol. The predicted molar refractivity (Wildman–Crippen MR) is 44.1 cm³/mol. The van der Waals surface area contributed by atoms with Gasteiger partial charge in [0.2, 0.25) is 5.82 Å². The Kier molecular flexibility index (Phi) is 2.25. The number of aromatic nitrogens is 3. The van der Waals surface area contributed by atoms with Crippen molar-refractivity contribution in [3.05, 3.63) is 12.2 Å². The van der Waals surface area contributed by atoms with Crippen molar-refractivity contribution in [1.82, 2.24) is 15.2 Å². The molecule has 0 atom stereocenters. The highest BCUT2D eigenvalue weighted by atomic mass is 16.5. The minimum atomic E-state index is -0.399. The highest BCUT2D eigenvalue weighted by Crippen LogP contribution is 2.21. The van der Waals surface area contributed by atoms with E-state index in [2.05, 4.69) is 15.2 Å². The van der Waals surface area contributed by atoms with E-state index < -0.39 is 5.97 Å². The van der Waals surface area contributed by atoms with Gasteiger partial charge in [-0.15, -0.1) is 0 Å². The van der Waals surface area contributed by atoms with Crippen molar-refractivity contribution in [2.45, 2.75) is 31.8 Å². The molecule has 70 valence electrons. The third-order valence-electron chi connectivity index (χ3n) is 2.18. The second-order valence-corrected chi connectivity index (χ2v) is 3.15. The van der Waals surface area contributed by atoms with Crippen molar-refractivity contribution in [1.29, 1.82) is 0 Å². The van der Waals surface area contributed by atoms with Gasteiger partial charge in [-0.2, -0.15) is 5.10 Å². The summed E-state index contributed by atoms with van der Waals surface area (Å²) in [6, 6.07) is 0. The standard InChI is InChI=1S/C8H11N3O2/c12-8(7-9-5-10-11-7)13-6-3-1-2-4-6/h5-6H,1-4H2,(H,9,10,11). The lowest BCUT2D eigenvalue weighted by atomic mass is 10.3. The zero-order valence-electron chi connectivity index (χ0n) is 7.19. The predicted octanol–water partition coefficient (Wildman–Crippen LogP) is 0.904. The SMILES string of the molecule is O=C(OC1CCCC1)c1ncn[nH]1. The number of hydrogen-bond donors (Lipinski definition) is 1. The quantitative estimate of drug-likeness (QED) is 0.688. The normalized spacial score (nSPS) is 17.5. The van der Waals surface area contributed by atoms with Crippen LogP contribution in [0.4, 0.5) is 0 Å². The number of ether oxygens (including phenoxy) is 1. The van der Waals surface area contributed by atoms with E-state index in [9.17, 15) is 4.79 Å². The van der Waals surface area contributed by atoms with E-state index in [-0.39, 0.29) is 11.9 Å². The fraction of sp³-hybridized carbons (Fsp3) is 0.625. The van der Waals surface area contributed by atoms with Crippen LogP contribution in [-0.4, -0.2) is 27.3 Å². The molecule has 13 heavy (non-hydrogen) atoms. The summed E-state index contributed by atoms with van der Waals surface area (Å²) in [6.45, 7) is 0. The summed E-state index contributed by atoms with van der Waals surface area (Å²) in [4.78, 5) is 15.0. The van der Waals surface area contributed by atoms with Crippen molar-refractivity contribution < 1.29 is 9.53 Å². The van der Waals surface area contributed by atoms with Crippen LogP contribution in [0.25, 0.3) is 0 Å². The van der Waals surface area contributed by atoms with Crippen molar-refractivity contribution in [3.8, 4) is 0 Å². The Morgan fingerprint density at radius 1 is 1.54 bits per heavy atom. The van der Waals surface area contributed by atoms with E-state index in [0.29, 0.717) is 0 Å². The minimum Gasteiger partial charge on any atom is -0.457 e. The Hall–Kier alpha value is -1.39. The van der Waals surface area contributed by atoms with E-state index in [1.165, 1.54) is 6.33 Å². The van der Waals surface area contributed by atoms with Gasteiger partial charge in [-0.1, -0.05) is 0 Å². The molecule has 1 saturated carbocycles. The number of carbonyl (C=O) groups excluding carboxylic acids is 1. The van der Waals surface area contributed by atoms with Crippen LogP contribution in [0.2, 0.25) is 0 Å². The molecular formula is C8H11N3O2. The van der Waals surface area contributed by atoms with E-state index in [1.54, 1.807) is 0 Å². The second-order valence-electron chi connectivity index (χ2n) is 3.15. The molecular weight excluding hydrogens is 170 g/mol. The lowest BCUT2D eigenvalue weighted by Gasteiger charge is -2.08. The van der Waals surface area contributed by atoms with Gasteiger partial charge in [0.15, 0.2) is 0 Å². The molecule has 0 saturated heterocycles. The van der Waals surface area contributed by atoms with Gasteiger partial charge in [0.1, 0.15) is 12.4 Å². The van der Waals surface area contributed by atoms with Crippen LogP contribution in [0.5, 0.6) is 0 Å². The van der Waals surface area contributed by atoms with Crippen LogP contribution >= 0.6 is 0 Å². The van der Waals surface area contributed by atoms with Crippen LogP contribution in [-0.2, 0) is 4.74 Å². The summed E-state index contributed by atoms with van der Waals surface area (Å²) in [6.07, 6.45) is 5.62. The largest absolute Gasteiger partial charge is 0.457 e. The average Bonchev–Trinajstić information content (AvgIpc) is 2.74. The summed E-state index contributed by atoms with van der Waals surface area (Å²) in [5.41, 5.74) is 0. The topological polar surface area (TPSA) is 67.9 Å².